The van der Waals surface area contributed by atoms with Crippen molar-refractivity contribution in [1.82, 2.24) is 4.98 Å². The number of anilines is 1. The molecule has 102 valence electrons. The van der Waals surface area contributed by atoms with E-state index >= 15 is 0 Å². The van der Waals surface area contributed by atoms with Crippen LogP contribution in [-0.4, -0.2) is 18.1 Å². The second kappa shape index (κ2) is 7.74. The van der Waals surface area contributed by atoms with E-state index in [0.717, 1.165) is 37.2 Å². The van der Waals surface area contributed by atoms with Gasteiger partial charge in [0.2, 0.25) is 0 Å². The summed E-state index contributed by atoms with van der Waals surface area (Å²) in [7, 11) is 0. The van der Waals surface area contributed by atoms with Gasteiger partial charge in [0.15, 0.2) is 5.13 Å². The Morgan fingerprint density at radius 2 is 2.22 bits per heavy atom. The quantitative estimate of drug-likeness (QED) is 0.809. The largest absolute Gasteiger partial charge is 0.376 e. The van der Waals surface area contributed by atoms with Crippen LogP contribution in [0.25, 0.3) is 0 Å². The molecule has 3 nitrogen and oxygen atoms in total. The summed E-state index contributed by atoms with van der Waals surface area (Å²) in [4.78, 5) is 5.57. The predicted octanol–water partition coefficient (Wildman–Crippen LogP) is 4.06. The van der Waals surface area contributed by atoms with Crippen LogP contribution in [0.3, 0.4) is 0 Å². The predicted molar refractivity (Wildman–Crippen MR) is 77.1 cm³/mol. The van der Waals surface area contributed by atoms with E-state index in [4.69, 9.17) is 4.74 Å². The highest BCUT2D eigenvalue weighted by atomic mass is 32.1. The zero-order chi connectivity index (χ0) is 12.6. The van der Waals surface area contributed by atoms with Crippen LogP contribution in [-0.2, 0) is 11.3 Å². The van der Waals surface area contributed by atoms with Crippen molar-refractivity contribution in [3.63, 3.8) is 0 Å². The molecule has 1 saturated carbocycles. The third-order valence-corrected chi connectivity index (χ3v) is 4.33. The van der Waals surface area contributed by atoms with E-state index in [0.29, 0.717) is 0 Å². The number of ether oxygens (including phenoxy) is 1. The highest BCUT2D eigenvalue weighted by molar-refractivity contribution is 7.15. The van der Waals surface area contributed by atoms with Crippen molar-refractivity contribution in [1.29, 1.82) is 0 Å². The topological polar surface area (TPSA) is 34.2 Å². The van der Waals surface area contributed by atoms with Gasteiger partial charge in [0.05, 0.1) is 11.5 Å². The van der Waals surface area contributed by atoms with Gasteiger partial charge in [-0.05, 0) is 25.2 Å². The minimum atomic E-state index is 0.724. The first-order valence-electron chi connectivity index (χ1n) is 7.15. The Kier molecular flexibility index (Phi) is 5.94. The van der Waals surface area contributed by atoms with Crippen molar-refractivity contribution in [3.8, 4) is 0 Å². The maximum atomic E-state index is 5.82. The van der Waals surface area contributed by atoms with Gasteiger partial charge in [0.25, 0.3) is 0 Å². The average Bonchev–Trinajstić information content (AvgIpc) is 2.85. The lowest BCUT2D eigenvalue weighted by Gasteiger charge is -2.20. The van der Waals surface area contributed by atoms with Crippen molar-refractivity contribution < 1.29 is 4.74 Å². The van der Waals surface area contributed by atoms with Gasteiger partial charge in [0, 0.05) is 19.3 Å². The number of nitrogens with zero attached hydrogens (tertiary/aromatic N) is 1. The monoisotopic (exact) mass is 268 g/mol. The summed E-state index contributed by atoms with van der Waals surface area (Å²) < 4.78 is 5.82. The Labute approximate surface area is 114 Å². The first-order valence-corrected chi connectivity index (χ1v) is 7.96. The van der Waals surface area contributed by atoms with Crippen LogP contribution >= 0.6 is 11.3 Å². The summed E-state index contributed by atoms with van der Waals surface area (Å²) in [6.45, 7) is 4.81. The lowest BCUT2D eigenvalue weighted by Crippen LogP contribution is -2.12. The zero-order valence-corrected chi connectivity index (χ0v) is 12.1. The maximum absolute atomic E-state index is 5.82. The molecule has 1 aliphatic carbocycles. The molecule has 0 atom stereocenters. The minimum absolute atomic E-state index is 0.724. The smallest absolute Gasteiger partial charge is 0.182 e. The van der Waals surface area contributed by atoms with Crippen LogP contribution in [0.4, 0.5) is 5.13 Å². The molecule has 1 aromatic rings. The maximum Gasteiger partial charge on any atom is 0.182 e. The Morgan fingerprint density at radius 1 is 1.39 bits per heavy atom. The molecular weight excluding hydrogens is 244 g/mol. The fourth-order valence-electron chi connectivity index (χ4n) is 2.37. The molecule has 1 heterocycles. The van der Waals surface area contributed by atoms with Gasteiger partial charge in [-0.1, -0.05) is 37.5 Å². The molecule has 0 spiro atoms. The van der Waals surface area contributed by atoms with Gasteiger partial charge < -0.3 is 10.1 Å². The standard InChI is InChI=1S/C14H24N2OS/c1-2-8-15-14-16-9-13(18-14)11-17-10-12-6-4-3-5-7-12/h9,12H,2-8,10-11H2,1H3,(H,15,16). The van der Waals surface area contributed by atoms with Crippen LogP contribution in [0.5, 0.6) is 0 Å². The summed E-state index contributed by atoms with van der Waals surface area (Å²) in [6.07, 6.45) is 9.96. The first kappa shape index (κ1) is 13.8. The summed E-state index contributed by atoms with van der Waals surface area (Å²) in [5.74, 6) is 0.796. The molecule has 1 fully saturated rings. The van der Waals surface area contributed by atoms with E-state index in [1.807, 2.05) is 6.20 Å². The van der Waals surface area contributed by atoms with Crippen molar-refractivity contribution in [3.05, 3.63) is 11.1 Å². The minimum Gasteiger partial charge on any atom is -0.376 e. The molecule has 1 N–H and O–H groups in total. The second-order valence-corrected chi connectivity index (χ2v) is 6.19. The van der Waals surface area contributed by atoms with Crippen LogP contribution in [0, 0.1) is 5.92 Å². The van der Waals surface area contributed by atoms with E-state index in [2.05, 4.69) is 17.2 Å². The Hall–Kier alpha value is -0.610. The molecule has 0 aliphatic heterocycles. The number of rotatable bonds is 7. The first-order chi connectivity index (χ1) is 8.88. The van der Waals surface area contributed by atoms with Crippen LogP contribution in [0.1, 0.15) is 50.3 Å². The Morgan fingerprint density at radius 3 is 3.00 bits per heavy atom. The van der Waals surface area contributed by atoms with Crippen LogP contribution < -0.4 is 5.32 Å². The van der Waals surface area contributed by atoms with Gasteiger partial charge in [-0.2, -0.15) is 0 Å². The van der Waals surface area contributed by atoms with E-state index in [1.54, 1.807) is 11.3 Å². The molecule has 1 aromatic heterocycles. The lowest BCUT2D eigenvalue weighted by molar-refractivity contribution is 0.0754. The number of aromatic nitrogens is 1. The number of hydrogen-bond donors (Lipinski definition) is 1. The summed E-state index contributed by atoms with van der Waals surface area (Å²) in [5, 5.41) is 4.33. The van der Waals surface area contributed by atoms with E-state index in [9.17, 15) is 0 Å². The molecule has 0 unspecified atom stereocenters. The highest BCUT2D eigenvalue weighted by Gasteiger charge is 2.13. The zero-order valence-electron chi connectivity index (χ0n) is 11.3. The van der Waals surface area contributed by atoms with Crippen molar-refractivity contribution in [2.75, 3.05) is 18.5 Å². The van der Waals surface area contributed by atoms with Crippen LogP contribution in [0.2, 0.25) is 0 Å². The molecular formula is C14H24N2OS. The summed E-state index contributed by atoms with van der Waals surface area (Å²) in [5.41, 5.74) is 0. The van der Waals surface area contributed by atoms with Gasteiger partial charge in [0.1, 0.15) is 0 Å². The van der Waals surface area contributed by atoms with E-state index in [1.165, 1.54) is 37.0 Å². The Bertz CT molecular complexity index is 334. The molecule has 4 heteroatoms. The van der Waals surface area contributed by atoms with Crippen molar-refractivity contribution in [2.45, 2.75) is 52.1 Å². The van der Waals surface area contributed by atoms with E-state index in [-0.39, 0.29) is 0 Å². The molecule has 0 saturated heterocycles. The molecule has 0 radical (unpaired) electrons. The van der Waals surface area contributed by atoms with Gasteiger partial charge in [-0.25, -0.2) is 4.98 Å². The summed E-state index contributed by atoms with van der Waals surface area (Å²) in [6, 6.07) is 0. The SMILES string of the molecule is CCCNc1ncc(COCC2CCCCC2)s1. The van der Waals surface area contributed by atoms with Gasteiger partial charge in [-0.3, -0.25) is 0 Å². The fourth-order valence-corrected chi connectivity index (χ4v) is 3.14. The van der Waals surface area contributed by atoms with Crippen LogP contribution in [0.15, 0.2) is 6.20 Å². The number of nitrogens with one attached hydrogen (secondary N) is 1. The lowest BCUT2D eigenvalue weighted by atomic mass is 9.90. The molecule has 18 heavy (non-hydrogen) atoms. The fraction of sp³-hybridized carbons (Fsp3) is 0.786. The molecule has 0 bridgehead atoms. The van der Waals surface area contributed by atoms with E-state index < -0.39 is 0 Å². The van der Waals surface area contributed by atoms with Crippen molar-refractivity contribution >= 4 is 16.5 Å². The average molecular weight is 268 g/mol. The van der Waals surface area contributed by atoms with Gasteiger partial charge >= 0.3 is 0 Å². The second-order valence-electron chi connectivity index (χ2n) is 5.08. The molecule has 0 amide bonds. The molecule has 0 aromatic carbocycles. The molecule has 2 rings (SSSR count). The highest BCUT2D eigenvalue weighted by Crippen LogP contribution is 2.24. The number of hydrogen-bond acceptors (Lipinski definition) is 4. The third-order valence-electron chi connectivity index (χ3n) is 3.40. The third kappa shape index (κ3) is 4.58. The number of thiazole rings is 1. The Balaban J connectivity index is 1.64. The van der Waals surface area contributed by atoms with Gasteiger partial charge in [-0.15, -0.1) is 0 Å². The normalized spacial score (nSPS) is 16.9. The molecule has 1 aliphatic rings. The van der Waals surface area contributed by atoms with Crippen molar-refractivity contribution in [2.24, 2.45) is 5.92 Å². The summed E-state index contributed by atoms with van der Waals surface area (Å²) >= 11 is 1.71.